The quantitative estimate of drug-likeness (QED) is 0.796. The maximum absolute atomic E-state index is 5.75. The van der Waals surface area contributed by atoms with Gasteiger partial charge in [-0.05, 0) is 37.5 Å². The van der Waals surface area contributed by atoms with Gasteiger partial charge in [-0.1, -0.05) is 0 Å². The number of aromatic nitrogens is 2. The first kappa shape index (κ1) is 10.6. The van der Waals surface area contributed by atoms with E-state index < -0.39 is 0 Å². The van der Waals surface area contributed by atoms with Crippen LogP contribution in [0.1, 0.15) is 25.1 Å². The number of aromatic amines is 1. The fourth-order valence-corrected chi connectivity index (χ4v) is 2.49. The minimum absolute atomic E-state index is 0.0133. The zero-order chi connectivity index (χ0) is 11.9. The van der Waals surface area contributed by atoms with E-state index in [1.807, 2.05) is 18.2 Å². The molecule has 1 aliphatic carbocycles. The lowest BCUT2D eigenvalue weighted by molar-refractivity contribution is -0.0719. The predicted molar refractivity (Wildman–Crippen MR) is 67.8 cm³/mol. The van der Waals surface area contributed by atoms with Crippen molar-refractivity contribution in [1.82, 2.24) is 9.97 Å². The van der Waals surface area contributed by atoms with Crippen molar-refractivity contribution in [2.75, 3.05) is 12.8 Å². The maximum atomic E-state index is 5.75. The van der Waals surface area contributed by atoms with Crippen molar-refractivity contribution in [2.45, 2.75) is 31.3 Å². The van der Waals surface area contributed by atoms with Crippen molar-refractivity contribution >= 4 is 16.7 Å². The molecule has 1 heterocycles. The molecule has 4 heteroatoms. The summed E-state index contributed by atoms with van der Waals surface area (Å²) in [6, 6.07) is 5.75. The highest BCUT2D eigenvalue weighted by atomic mass is 16.5. The van der Waals surface area contributed by atoms with Crippen molar-refractivity contribution in [2.24, 2.45) is 0 Å². The molecular weight excluding hydrogens is 214 g/mol. The summed E-state index contributed by atoms with van der Waals surface area (Å²) < 4.78 is 5.61. The van der Waals surface area contributed by atoms with Crippen LogP contribution in [0.2, 0.25) is 0 Å². The number of H-pyrrole nitrogens is 1. The first-order chi connectivity index (χ1) is 8.21. The lowest BCUT2D eigenvalue weighted by atomic mass is 9.77. The van der Waals surface area contributed by atoms with Crippen LogP contribution in [-0.4, -0.2) is 22.7 Å². The molecule has 0 atom stereocenters. The number of rotatable bonds is 3. The molecule has 2 aromatic rings. The number of hydrogen-bond acceptors (Lipinski definition) is 3. The van der Waals surface area contributed by atoms with Crippen molar-refractivity contribution < 1.29 is 4.74 Å². The first-order valence-corrected chi connectivity index (χ1v) is 6.00. The SMILES string of the molecule is COC1(Cc2nc3ccc(N)cc3[nH]2)CCC1. The minimum Gasteiger partial charge on any atom is -0.399 e. The van der Waals surface area contributed by atoms with Crippen molar-refractivity contribution in [3.63, 3.8) is 0 Å². The number of nitrogen functional groups attached to an aromatic ring is 1. The van der Waals surface area contributed by atoms with Gasteiger partial charge in [0.1, 0.15) is 5.82 Å². The van der Waals surface area contributed by atoms with Gasteiger partial charge in [-0.3, -0.25) is 0 Å². The van der Waals surface area contributed by atoms with E-state index in [9.17, 15) is 0 Å². The van der Waals surface area contributed by atoms with Gasteiger partial charge in [0.05, 0.1) is 16.6 Å². The lowest BCUT2D eigenvalue weighted by Gasteiger charge is -2.39. The second-order valence-electron chi connectivity index (χ2n) is 4.88. The number of nitrogens with one attached hydrogen (secondary N) is 1. The summed E-state index contributed by atoms with van der Waals surface area (Å²) in [5.41, 5.74) is 8.50. The summed E-state index contributed by atoms with van der Waals surface area (Å²) in [6.07, 6.45) is 4.37. The smallest absolute Gasteiger partial charge is 0.110 e. The molecule has 1 saturated carbocycles. The molecule has 1 aromatic heterocycles. The number of hydrogen-bond donors (Lipinski definition) is 2. The van der Waals surface area contributed by atoms with Crippen molar-refractivity contribution in [3.05, 3.63) is 24.0 Å². The molecule has 0 saturated heterocycles. The van der Waals surface area contributed by atoms with E-state index in [0.29, 0.717) is 0 Å². The summed E-state index contributed by atoms with van der Waals surface area (Å²) in [4.78, 5) is 7.90. The Morgan fingerprint density at radius 1 is 1.47 bits per heavy atom. The van der Waals surface area contributed by atoms with Gasteiger partial charge in [-0.25, -0.2) is 4.98 Å². The molecule has 17 heavy (non-hydrogen) atoms. The van der Waals surface area contributed by atoms with Gasteiger partial charge in [0, 0.05) is 19.2 Å². The zero-order valence-corrected chi connectivity index (χ0v) is 9.99. The highest BCUT2D eigenvalue weighted by Gasteiger charge is 2.37. The van der Waals surface area contributed by atoms with E-state index in [4.69, 9.17) is 10.5 Å². The fourth-order valence-electron chi connectivity index (χ4n) is 2.49. The average Bonchev–Trinajstić information content (AvgIpc) is 2.65. The molecule has 1 aromatic carbocycles. The predicted octanol–water partition coefficient (Wildman–Crippen LogP) is 2.26. The second kappa shape index (κ2) is 3.74. The minimum atomic E-state index is 0.0133. The summed E-state index contributed by atoms with van der Waals surface area (Å²) in [7, 11) is 1.79. The number of anilines is 1. The Morgan fingerprint density at radius 2 is 2.29 bits per heavy atom. The topological polar surface area (TPSA) is 63.9 Å². The Hall–Kier alpha value is -1.55. The third-order valence-electron chi connectivity index (χ3n) is 3.74. The van der Waals surface area contributed by atoms with Gasteiger partial charge in [-0.15, -0.1) is 0 Å². The van der Waals surface area contributed by atoms with Crippen LogP contribution in [0.25, 0.3) is 11.0 Å². The van der Waals surface area contributed by atoms with Gasteiger partial charge in [0.25, 0.3) is 0 Å². The summed E-state index contributed by atoms with van der Waals surface area (Å²) in [5, 5.41) is 0. The van der Waals surface area contributed by atoms with Crippen LogP contribution in [0.3, 0.4) is 0 Å². The molecule has 0 aliphatic heterocycles. The number of methoxy groups -OCH3 is 1. The molecule has 1 aliphatic rings. The first-order valence-electron chi connectivity index (χ1n) is 6.00. The van der Waals surface area contributed by atoms with Crippen molar-refractivity contribution in [1.29, 1.82) is 0 Å². The summed E-state index contributed by atoms with van der Waals surface area (Å²) in [6.45, 7) is 0. The number of nitrogens with zero attached hydrogens (tertiary/aromatic N) is 1. The van der Waals surface area contributed by atoms with E-state index in [0.717, 1.165) is 41.8 Å². The van der Waals surface area contributed by atoms with E-state index in [2.05, 4.69) is 9.97 Å². The van der Waals surface area contributed by atoms with Crippen LogP contribution < -0.4 is 5.73 Å². The number of imidazole rings is 1. The monoisotopic (exact) mass is 231 g/mol. The Bertz CT molecular complexity index is 537. The average molecular weight is 231 g/mol. The Morgan fingerprint density at radius 3 is 2.94 bits per heavy atom. The number of fused-ring (bicyclic) bond motifs is 1. The molecule has 0 radical (unpaired) electrons. The van der Waals surface area contributed by atoms with Crippen LogP contribution in [-0.2, 0) is 11.2 Å². The lowest BCUT2D eigenvalue weighted by Crippen LogP contribution is -2.41. The molecular formula is C13H17N3O. The van der Waals surface area contributed by atoms with Crippen LogP contribution in [0.4, 0.5) is 5.69 Å². The largest absolute Gasteiger partial charge is 0.399 e. The second-order valence-corrected chi connectivity index (χ2v) is 4.88. The summed E-state index contributed by atoms with van der Waals surface area (Å²) >= 11 is 0. The third-order valence-corrected chi connectivity index (χ3v) is 3.74. The molecule has 90 valence electrons. The Kier molecular flexibility index (Phi) is 2.33. The molecule has 0 spiro atoms. The molecule has 3 rings (SSSR count). The van der Waals surface area contributed by atoms with Gasteiger partial charge in [0.15, 0.2) is 0 Å². The van der Waals surface area contributed by atoms with Gasteiger partial charge in [-0.2, -0.15) is 0 Å². The van der Waals surface area contributed by atoms with Gasteiger partial charge >= 0.3 is 0 Å². The highest BCUT2D eigenvalue weighted by molar-refractivity contribution is 5.78. The van der Waals surface area contributed by atoms with E-state index in [1.54, 1.807) is 7.11 Å². The third kappa shape index (κ3) is 1.78. The molecule has 0 unspecified atom stereocenters. The van der Waals surface area contributed by atoms with Crippen LogP contribution in [0, 0.1) is 0 Å². The molecule has 0 amide bonds. The Balaban J connectivity index is 1.90. The van der Waals surface area contributed by atoms with E-state index >= 15 is 0 Å². The molecule has 1 fully saturated rings. The van der Waals surface area contributed by atoms with Crippen LogP contribution in [0.15, 0.2) is 18.2 Å². The highest BCUT2D eigenvalue weighted by Crippen LogP contribution is 2.37. The van der Waals surface area contributed by atoms with Crippen molar-refractivity contribution in [3.8, 4) is 0 Å². The molecule has 0 bridgehead atoms. The zero-order valence-electron chi connectivity index (χ0n) is 9.99. The fraction of sp³-hybridized carbons (Fsp3) is 0.462. The molecule has 4 nitrogen and oxygen atoms in total. The number of nitrogens with two attached hydrogens (primary N) is 1. The van der Waals surface area contributed by atoms with E-state index in [1.165, 1.54) is 6.42 Å². The van der Waals surface area contributed by atoms with E-state index in [-0.39, 0.29) is 5.60 Å². The van der Waals surface area contributed by atoms with Gasteiger partial charge < -0.3 is 15.5 Å². The van der Waals surface area contributed by atoms with Crippen LogP contribution in [0.5, 0.6) is 0 Å². The van der Waals surface area contributed by atoms with Crippen LogP contribution >= 0.6 is 0 Å². The number of ether oxygens (including phenoxy) is 1. The molecule has 3 N–H and O–H groups in total. The standard InChI is InChI=1S/C13H17N3O/c1-17-13(5-2-6-13)8-12-15-10-4-3-9(14)7-11(10)16-12/h3-4,7H,2,5-6,8,14H2,1H3,(H,15,16). The normalized spacial score (nSPS) is 18.2. The Labute approximate surface area is 100 Å². The summed E-state index contributed by atoms with van der Waals surface area (Å²) in [5.74, 6) is 0.993. The number of benzene rings is 1. The maximum Gasteiger partial charge on any atom is 0.110 e. The van der Waals surface area contributed by atoms with Gasteiger partial charge in [0.2, 0.25) is 0 Å².